The summed E-state index contributed by atoms with van der Waals surface area (Å²) < 4.78 is 0. The summed E-state index contributed by atoms with van der Waals surface area (Å²) in [6.07, 6.45) is -0.375. The lowest BCUT2D eigenvalue weighted by atomic mass is 9.84. The first-order chi connectivity index (χ1) is 5.86. The van der Waals surface area contributed by atoms with Crippen LogP contribution in [-0.2, 0) is 0 Å². The van der Waals surface area contributed by atoms with Crippen molar-refractivity contribution in [3.8, 4) is 0 Å². The number of hydrogen-bond acceptors (Lipinski definition) is 2. The molecule has 0 unspecified atom stereocenters. The highest BCUT2D eigenvalue weighted by molar-refractivity contribution is 4.74. The van der Waals surface area contributed by atoms with Gasteiger partial charge in [-0.25, -0.2) is 0 Å². The van der Waals surface area contributed by atoms with Crippen LogP contribution in [0.4, 0.5) is 0 Å². The van der Waals surface area contributed by atoms with Crippen LogP contribution in [0.25, 0.3) is 0 Å². The highest BCUT2D eigenvalue weighted by Crippen LogP contribution is 2.23. The Bertz CT molecular complexity index is 124. The molecule has 0 fully saturated rings. The minimum absolute atomic E-state index is 0.336. The Morgan fingerprint density at radius 3 is 1.46 bits per heavy atom. The summed E-state index contributed by atoms with van der Waals surface area (Å²) in [4.78, 5) is 0. The molecule has 0 saturated heterocycles. The monoisotopic (exact) mass is 187 g/mol. The minimum atomic E-state index is -0.375. The fourth-order valence-electron chi connectivity index (χ4n) is 1.95. The number of rotatable bonds is 5. The molecule has 13 heavy (non-hydrogen) atoms. The second kappa shape index (κ2) is 5.61. The summed E-state index contributed by atoms with van der Waals surface area (Å²) in [5.41, 5.74) is 0. The average Bonchev–Trinajstić information content (AvgIpc) is 1.81. The van der Waals surface area contributed by atoms with E-state index in [0.29, 0.717) is 23.8 Å². The third-order valence-electron chi connectivity index (χ3n) is 2.41. The lowest BCUT2D eigenvalue weighted by molar-refractivity contribution is 0.0208. The van der Waals surface area contributed by atoms with Gasteiger partial charge < -0.3 is 5.11 Å². The molecule has 0 amide bonds. The van der Waals surface area contributed by atoms with Crippen molar-refractivity contribution < 1.29 is 5.11 Å². The second-order valence-electron chi connectivity index (χ2n) is 4.83. The van der Waals surface area contributed by atoms with Crippen LogP contribution in [0.2, 0.25) is 0 Å². The molecule has 0 heterocycles. The Hall–Kier alpha value is -0.0800. The van der Waals surface area contributed by atoms with Gasteiger partial charge in [0.25, 0.3) is 0 Å². The molecule has 0 aliphatic heterocycles. The van der Waals surface area contributed by atoms with Gasteiger partial charge in [-0.2, -0.15) is 0 Å². The normalized spacial score (nSPS) is 15.0. The van der Waals surface area contributed by atoms with Crippen molar-refractivity contribution in [3.05, 3.63) is 0 Å². The molecule has 0 aromatic carbocycles. The van der Waals surface area contributed by atoms with Crippen molar-refractivity contribution in [3.63, 3.8) is 0 Å². The smallest absolute Gasteiger partial charge is 0.108 e. The molecule has 0 saturated carbocycles. The van der Waals surface area contributed by atoms with Gasteiger partial charge >= 0.3 is 0 Å². The maximum atomic E-state index is 9.91. The predicted octanol–water partition coefficient (Wildman–Crippen LogP) is 2.23. The molecule has 2 heteroatoms. The first kappa shape index (κ1) is 12.9. The molecule has 0 aliphatic rings. The molecular weight excluding hydrogens is 162 g/mol. The fourth-order valence-corrected chi connectivity index (χ4v) is 1.95. The van der Waals surface area contributed by atoms with Crippen LogP contribution in [-0.4, -0.2) is 17.4 Å². The SMILES string of the molecule is CC(C)N[C@H](O)C(C(C)C)C(C)C. The van der Waals surface area contributed by atoms with Gasteiger partial charge in [0.05, 0.1) is 0 Å². The summed E-state index contributed by atoms with van der Waals surface area (Å²) in [6.45, 7) is 12.8. The van der Waals surface area contributed by atoms with Crippen LogP contribution < -0.4 is 5.32 Å². The van der Waals surface area contributed by atoms with Gasteiger partial charge in [0.2, 0.25) is 0 Å². The van der Waals surface area contributed by atoms with E-state index < -0.39 is 0 Å². The molecule has 2 nitrogen and oxygen atoms in total. The Morgan fingerprint density at radius 1 is 0.846 bits per heavy atom. The van der Waals surface area contributed by atoms with Gasteiger partial charge in [0.15, 0.2) is 0 Å². The second-order valence-corrected chi connectivity index (χ2v) is 4.83. The van der Waals surface area contributed by atoms with Crippen LogP contribution in [0.3, 0.4) is 0 Å². The van der Waals surface area contributed by atoms with Crippen molar-refractivity contribution in [2.24, 2.45) is 17.8 Å². The van der Waals surface area contributed by atoms with Gasteiger partial charge in [-0.3, -0.25) is 5.32 Å². The maximum Gasteiger partial charge on any atom is 0.108 e. The third kappa shape index (κ3) is 4.63. The van der Waals surface area contributed by atoms with Crippen molar-refractivity contribution in [2.75, 3.05) is 0 Å². The molecule has 0 aromatic rings. The van der Waals surface area contributed by atoms with E-state index in [2.05, 4.69) is 46.9 Å². The number of hydrogen-bond donors (Lipinski definition) is 2. The third-order valence-corrected chi connectivity index (χ3v) is 2.41. The number of nitrogens with one attached hydrogen (secondary N) is 1. The fraction of sp³-hybridized carbons (Fsp3) is 1.00. The predicted molar refractivity (Wildman–Crippen MR) is 57.4 cm³/mol. The van der Waals surface area contributed by atoms with Gasteiger partial charge in [-0.1, -0.05) is 27.7 Å². The Morgan fingerprint density at radius 2 is 1.23 bits per heavy atom. The van der Waals surface area contributed by atoms with E-state index in [4.69, 9.17) is 0 Å². The first-order valence-electron chi connectivity index (χ1n) is 5.30. The Labute approximate surface area is 82.7 Å². The average molecular weight is 187 g/mol. The quantitative estimate of drug-likeness (QED) is 0.647. The highest BCUT2D eigenvalue weighted by Gasteiger charge is 2.25. The van der Waals surface area contributed by atoms with E-state index in [0.717, 1.165) is 0 Å². The minimum Gasteiger partial charge on any atom is -0.378 e. The molecule has 0 rings (SSSR count). The van der Waals surface area contributed by atoms with Gasteiger partial charge in [-0.15, -0.1) is 0 Å². The summed E-state index contributed by atoms with van der Waals surface area (Å²) in [5, 5.41) is 13.1. The largest absolute Gasteiger partial charge is 0.378 e. The summed E-state index contributed by atoms with van der Waals surface area (Å²) in [6, 6.07) is 0.343. The van der Waals surface area contributed by atoms with Gasteiger partial charge in [0, 0.05) is 12.0 Å². The standard InChI is InChI=1S/C11H25NO/c1-7(2)10(8(3)4)11(13)12-9(5)6/h7-13H,1-6H3/t11-/m1/s1. The van der Waals surface area contributed by atoms with Crippen molar-refractivity contribution in [2.45, 2.75) is 53.8 Å². The maximum absolute atomic E-state index is 9.91. The molecule has 0 radical (unpaired) electrons. The van der Waals surface area contributed by atoms with Crippen molar-refractivity contribution in [1.29, 1.82) is 0 Å². The van der Waals surface area contributed by atoms with Gasteiger partial charge in [0.1, 0.15) is 6.23 Å². The van der Waals surface area contributed by atoms with Crippen LogP contribution in [0.5, 0.6) is 0 Å². The first-order valence-corrected chi connectivity index (χ1v) is 5.30. The number of aliphatic hydroxyl groups is 1. The Kier molecular flexibility index (Phi) is 5.57. The molecule has 0 aromatic heterocycles. The van der Waals surface area contributed by atoms with E-state index >= 15 is 0 Å². The zero-order valence-electron chi connectivity index (χ0n) is 9.83. The number of aliphatic hydroxyl groups excluding tert-OH is 1. The van der Waals surface area contributed by atoms with Gasteiger partial charge in [-0.05, 0) is 25.7 Å². The van der Waals surface area contributed by atoms with Crippen LogP contribution in [0, 0.1) is 17.8 Å². The summed E-state index contributed by atoms with van der Waals surface area (Å²) >= 11 is 0. The molecule has 0 bridgehead atoms. The molecule has 2 N–H and O–H groups in total. The summed E-state index contributed by atoms with van der Waals surface area (Å²) in [7, 11) is 0. The van der Waals surface area contributed by atoms with E-state index in [1.165, 1.54) is 0 Å². The molecule has 80 valence electrons. The zero-order valence-corrected chi connectivity index (χ0v) is 9.83. The van der Waals surface area contributed by atoms with E-state index in [1.54, 1.807) is 0 Å². The lowest BCUT2D eigenvalue weighted by Crippen LogP contribution is -2.44. The van der Waals surface area contributed by atoms with E-state index in [1.807, 2.05) is 0 Å². The van der Waals surface area contributed by atoms with E-state index in [9.17, 15) is 5.11 Å². The Balaban J connectivity index is 4.20. The van der Waals surface area contributed by atoms with Crippen molar-refractivity contribution >= 4 is 0 Å². The molecule has 0 aliphatic carbocycles. The lowest BCUT2D eigenvalue weighted by Gasteiger charge is -2.31. The van der Waals surface area contributed by atoms with Crippen molar-refractivity contribution in [1.82, 2.24) is 5.32 Å². The topological polar surface area (TPSA) is 32.3 Å². The van der Waals surface area contributed by atoms with Crippen LogP contribution in [0.15, 0.2) is 0 Å². The highest BCUT2D eigenvalue weighted by atomic mass is 16.3. The molecule has 0 spiro atoms. The summed E-state index contributed by atoms with van der Waals surface area (Å²) in [5.74, 6) is 1.37. The van der Waals surface area contributed by atoms with Crippen LogP contribution >= 0.6 is 0 Å². The van der Waals surface area contributed by atoms with E-state index in [-0.39, 0.29) is 6.23 Å². The zero-order chi connectivity index (χ0) is 10.6. The molecular formula is C11H25NO. The molecule has 1 atom stereocenters. The van der Waals surface area contributed by atoms with Crippen LogP contribution in [0.1, 0.15) is 41.5 Å².